The Balaban J connectivity index is 1.70. The van der Waals surface area contributed by atoms with E-state index in [1.165, 1.54) is 0 Å². The first-order chi connectivity index (χ1) is 10.2. The standard InChI is InChI=1S/C18H16O3/c19-14-8-9-15(17-13-7-6-12(10-13)16(14)17)21-18(20)11-4-2-1-3-5-11/h1-5,8-9,12-13,19H,6-7,10H2. The third kappa shape index (κ3) is 1.92. The number of aromatic hydroxyl groups is 1. The van der Waals surface area contributed by atoms with Gasteiger partial charge < -0.3 is 9.84 Å². The van der Waals surface area contributed by atoms with Crippen LogP contribution in [0.15, 0.2) is 42.5 Å². The fraction of sp³-hybridized carbons (Fsp3) is 0.278. The minimum absolute atomic E-state index is 0.341. The molecule has 0 saturated heterocycles. The van der Waals surface area contributed by atoms with Crippen molar-refractivity contribution in [3.8, 4) is 11.5 Å². The van der Waals surface area contributed by atoms with Crippen LogP contribution in [0.2, 0.25) is 0 Å². The lowest BCUT2D eigenvalue weighted by molar-refractivity contribution is 0.0732. The first-order valence-electron chi connectivity index (χ1n) is 7.37. The summed E-state index contributed by atoms with van der Waals surface area (Å²) in [5, 5.41) is 10.1. The summed E-state index contributed by atoms with van der Waals surface area (Å²) in [6.07, 6.45) is 3.32. The summed E-state index contributed by atoms with van der Waals surface area (Å²) in [4.78, 5) is 12.2. The number of fused-ring (bicyclic) bond motifs is 5. The van der Waals surface area contributed by atoms with E-state index in [1.807, 2.05) is 18.2 Å². The summed E-state index contributed by atoms with van der Waals surface area (Å²) in [6, 6.07) is 12.4. The number of carbonyl (C=O) groups excluding carboxylic acids is 1. The summed E-state index contributed by atoms with van der Waals surface area (Å²) in [6.45, 7) is 0. The first-order valence-corrected chi connectivity index (χ1v) is 7.37. The minimum atomic E-state index is -0.341. The summed E-state index contributed by atoms with van der Waals surface area (Å²) >= 11 is 0. The second kappa shape index (κ2) is 4.62. The van der Waals surface area contributed by atoms with Crippen molar-refractivity contribution in [2.75, 3.05) is 0 Å². The Morgan fingerprint density at radius 2 is 1.71 bits per heavy atom. The molecule has 2 aliphatic carbocycles. The van der Waals surface area contributed by atoms with Crippen LogP contribution in [-0.4, -0.2) is 11.1 Å². The van der Waals surface area contributed by atoms with E-state index < -0.39 is 0 Å². The van der Waals surface area contributed by atoms with Gasteiger partial charge in [-0.25, -0.2) is 4.79 Å². The van der Waals surface area contributed by atoms with Crippen LogP contribution < -0.4 is 4.74 Å². The van der Waals surface area contributed by atoms with Gasteiger partial charge in [0.2, 0.25) is 0 Å². The highest BCUT2D eigenvalue weighted by molar-refractivity contribution is 5.91. The van der Waals surface area contributed by atoms with Crippen molar-refractivity contribution in [2.45, 2.75) is 31.1 Å². The zero-order chi connectivity index (χ0) is 14.4. The molecule has 1 fully saturated rings. The van der Waals surface area contributed by atoms with E-state index in [4.69, 9.17) is 4.74 Å². The summed E-state index contributed by atoms with van der Waals surface area (Å²) in [7, 11) is 0. The molecule has 0 spiro atoms. The fourth-order valence-electron chi connectivity index (χ4n) is 3.78. The molecule has 0 aliphatic heterocycles. The highest BCUT2D eigenvalue weighted by Crippen LogP contribution is 2.58. The molecule has 1 N–H and O–H groups in total. The SMILES string of the molecule is O=C(Oc1ccc(O)c2c1C1CCC2C1)c1ccccc1. The van der Waals surface area contributed by atoms with Gasteiger partial charge in [0, 0.05) is 11.1 Å². The van der Waals surface area contributed by atoms with Crippen LogP contribution in [0.4, 0.5) is 0 Å². The lowest BCUT2D eigenvalue weighted by Gasteiger charge is -2.19. The van der Waals surface area contributed by atoms with Crippen LogP contribution in [0.3, 0.4) is 0 Å². The molecule has 0 amide bonds. The predicted molar refractivity (Wildman–Crippen MR) is 78.8 cm³/mol. The molecule has 2 bridgehead atoms. The second-order valence-electron chi connectivity index (χ2n) is 5.87. The van der Waals surface area contributed by atoms with Gasteiger partial charge in [-0.3, -0.25) is 0 Å². The maximum atomic E-state index is 12.2. The number of ether oxygens (including phenoxy) is 1. The average molecular weight is 280 g/mol. The van der Waals surface area contributed by atoms with E-state index in [2.05, 4.69) is 0 Å². The monoisotopic (exact) mass is 280 g/mol. The van der Waals surface area contributed by atoms with Gasteiger partial charge in [0.1, 0.15) is 11.5 Å². The van der Waals surface area contributed by atoms with E-state index in [1.54, 1.807) is 24.3 Å². The normalized spacial score (nSPS) is 22.1. The number of rotatable bonds is 2. The van der Waals surface area contributed by atoms with Gasteiger partial charge in [-0.1, -0.05) is 18.2 Å². The Morgan fingerprint density at radius 1 is 1.00 bits per heavy atom. The molecule has 2 atom stereocenters. The van der Waals surface area contributed by atoms with Gasteiger partial charge in [0.25, 0.3) is 0 Å². The van der Waals surface area contributed by atoms with Crippen molar-refractivity contribution in [3.05, 3.63) is 59.2 Å². The molecule has 3 nitrogen and oxygen atoms in total. The van der Waals surface area contributed by atoms with Crippen molar-refractivity contribution >= 4 is 5.97 Å². The lowest BCUT2D eigenvalue weighted by Crippen LogP contribution is -2.11. The Labute approximate surface area is 123 Å². The zero-order valence-corrected chi connectivity index (χ0v) is 11.6. The molecule has 106 valence electrons. The van der Waals surface area contributed by atoms with Crippen LogP contribution in [0.25, 0.3) is 0 Å². The molecule has 0 heterocycles. The van der Waals surface area contributed by atoms with E-state index in [0.29, 0.717) is 28.9 Å². The topological polar surface area (TPSA) is 46.5 Å². The number of esters is 1. The van der Waals surface area contributed by atoms with Crippen LogP contribution in [0.5, 0.6) is 11.5 Å². The molecule has 0 aromatic heterocycles. The van der Waals surface area contributed by atoms with Crippen LogP contribution in [0.1, 0.15) is 52.6 Å². The Bertz CT molecular complexity index is 706. The van der Waals surface area contributed by atoms with Crippen LogP contribution in [0, 0.1) is 0 Å². The van der Waals surface area contributed by atoms with Crippen molar-refractivity contribution in [3.63, 3.8) is 0 Å². The Hall–Kier alpha value is -2.29. The number of phenols is 1. The maximum absolute atomic E-state index is 12.2. The Morgan fingerprint density at radius 3 is 2.48 bits per heavy atom. The summed E-state index contributed by atoms with van der Waals surface area (Å²) < 4.78 is 5.60. The molecular formula is C18H16O3. The molecule has 4 rings (SSSR count). The van der Waals surface area contributed by atoms with Gasteiger partial charge in [-0.05, 0) is 55.4 Å². The molecular weight excluding hydrogens is 264 g/mol. The molecule has 2 aromatic carbocycles. The second-order valence-corrected chi connectivity index (χ2v) is 5.87. The van der Waals surface area contributed by atoms with Crippen LogP contribution in [-0.2, 0) is 0 Å². The van der Waals surface area contributed by atoms with E-state index >= 15 is 0 Å². The van der Waals surface area contributed by atoms with E-state index in [9.17, 15) is 9.90 Å². The number of phenolic OH excluding ortho intramolecular Hbond substituents is 1. The zero-order valence-electron chi connectivity index (χ0n) is 11.6. The Kier molecular flexibility index (Phi) is 2.74. The van der Waals surface area contributed by atoms with E-state index in [-0.39, 0.29) is 5.97 Å². The molecule has 1 saturated carbocycles. The number of carbonyl (C=O) groups is 1. The van der Waals surface area contributed by atoms with Crippen molar-refractivity contribution < 1.29 is 14.6 Å². The van der Waals surface area contributed by atoms with Gasteiger partial charge >= 0.3 is 5.97 Å². The molecule has 0 radical (unpaired) electrons. The fourth-order valence-corrected chi connectivity index (χ4v) is 3.78. The predicted octanol–water partition coefficient (Wildman–Crippen LogP) is 3.98. The van der Waals surface area contributed by atoms with Crippen LogP contribution >= 0.6 is 0 Å². The molecule has 2 aliphatic rings. The van der Waals surface area contributed by atoms with Crippen molar-refractivity contribution in [2.24, 2.45) is 0 Å². The van der Waals surface area contributed by atoms with Gasteiger partial charge in [-0.2, -0.15) is 0 Å². The molecule has 21 heavy (non-hydrogen) atoms. The van der Waals surface area contributed by atoms with Gasteiger partial charge in [0.15, 0.2) is 0 Å². The quantitative estimate of drug-likeness (QED) is 0.668. The molecule has 2 unspecified atom stereocenters. The third-order valence-electron chi connectivity index (χ3n) is 4.69. The smallest absolute Gasteiger partial charge is 0.343 e. The lowest BCUT2D eigenvalue weighted by atomic mass is 9.90. The van der Waals surface area contributed by atoms with Crippen molar-refractivity contribution in [1.82, 2.24) is 0 Å². The van der Waals surface area contributed by atoms with Gasteiger partial charge in [-0.15, -0.1) is 0 Å². The molecule has 3 heteroatoms. The average Bonchev–Trinajstić information content (AvgIpc) is 3.13. The summed E-state index contributed by atoms with van der Waals surface area (Å²) in [5.74, 6) is 1.47. The molecule has 2 aromatic rings. The number of hydrogen-bond donors (Lipinski definition) is 1. The van der Waals surface area contributed by atoms with Gasteiger partial charge in [0.05, 0.1) is 5.56 Å². The minimum Gasteiger partial charge on any atom is -0.508 e. The number of benzene rings is 2. The van der Waals surface area contributed by atoms with Crippen molar-refractivity contribution in [1.29, 1.82) is 0 Å². The maximum Gasteiger partial charge on any atom is 0.343 e. The number of hydrogen-bond acceptors (Lipinski definition) is 3. The third-order valence-corrected chi connectivity index (χ3v) is 4.69. The van der Waals surface area contributed by atoms with E-state index in [0.717, 1.165) is 30.4 Å². The summed E-state index contributed by atoms with van der Waals surface area (Å²) in [5.41, 5.74) is 2.60. The first kappa shape index (κ1) is 12.5. The highest BCUT2D eigenvalue weighted by Gasteiger charge is 2.41. The highest BCUT2D eigenvalue weighted by atomic mass is 16.5. The largest absolute Gasteiger partial charge is 0.508 e.